The van der Waals surface area contributed by atoms with Crippen LogP contribution in [0, 0.1) is 18.3 Å². The highest BCUT2D eigenvalue weighted by molar-refractivity contribution is 6.30. The molecule has 0 aliphatic heterocycles. The minimum Gasteiger partial charge on any atom is -0.366 e. The van der Waals surface area contributed by atoms with Crippen molar-refractivity contribution in [2.24, 2.45) is 5.73 Å². The topological polar surface area (TPSA) is 71.8 Å². The molecule has 26 heavy (non-hydrogen) atoms. The molecule has 1 amide bonds. The zero-order valence-electron chi connectivity index (χ0n) is 14.4. The summed E-state index contributed by atoms with van der Waals surface area (Å²) in [6.45, 7) is 2.60. The summed E-state index contributed by atoms with van der Waals surface area (Å²) >= 11 is 5.94. The quantitative estimate of drug-likeness (QED) is 0.732. The summed E-state index contributed by atoms with van der Waals surface area (Å²) in [4.78, 5) is 11.8. The van der Waals surface area contributed by atoms with Crippen molar-refractivity contribution in [1.29, 1.82) is 5.26 Å². The van der Waals surface area contributed by atoms with E-state index in [-0.39, 0.29) is 0 Å². The third-order valence-electron chi connectivity index (χ3n) is 4.48. The number of benzene rings is 2. The lowest BCUT2D eigenvalue weighted by atomic mass is 10.1. The van der Waals surface area contributed by atoms with Crippen molar-refractivity contribution >= 4 is 17.5 Å². The molecule has 4 nitrogen and oxygen atoms in total. The largest absolute Gasteiger partial charge is 0.366 e. The van der Waals surface area contributed by atoms with Gasteiger partial charge in [-0.1, -0.05) is 35.9 Å². The molecular formula is C21H18ClN3O. The molecule has 0 fully saturated rings. The second-order valence-electron chi connectivity index (χ2n) is 6.11. The normalized spacial score (nSPS) is 10.5. The van der Waals surface area contributed by atoms with E-state index in [1.807, 2.05) is 49.4 Å². The van der Waals surface area contributed by atoms with Crippen LogP contribution in [0.2, 0.25) is 5.02 Å². The monoisotopic (exact) mass is 363 g/mol. The number of nitrogens with two attached hydrogens (primary N) is 1. The molecule has 0 spiro atoms. The van der Waals surface area contributed by atoms with Crippen LogP contribution in [-0.2, 0) is 13.0 Å². The molecule has 0 saturated heterocycles. The number of nitriles is 1. The second kappa shape index (κ2) is 7.47. The maximum atomic E-state index is 11.8. The average molecular weight is 364 g/mol. The molecule has 2 aromatic carbocycles. The molecule has 3 rings (SSSR count). The third-order valence-corrected chi connectivity index (χ3v) is 4.73. The van der Waals surface area contributed by atoms with Gasteiger partial charge in [0.15, 0.2) is 0 Å². The van der Waals surface area contributed by atoms with Crippen LogP contribution in [0.3, 0.4) is 0 Å². The number of aromatic nitrogens is 1. The average Bonchev–Trinajstić information content (AvgIpc) is 2.98. The number of hydrogen-bond donors (Lipinski definition) is 1. The number of halogens is 1. The highest BCUT2D eigenvalue weighted by atomic mass is 35.5. The molecule has 0 aliphatic rings. The highest BCUT2D eigenvalue weighted by Gasteiger charge is 2.16. The zero-order chi connectivity index (χ0) is 18.7. The fourth-order valence-corrected chi connectivity index (χ4v) is 3.16. The summed E-state index contributed by atoms with van der Waals surface area (Å²) in [5.41, 5.74) is 10.5. The Kier molecular flexibility index (Phi) is 5.11. The van der Waals surface area contributed by atoms with Gasteiger partial charge in [-0.25, -0.2) is 0 Å². The number of hydrogen-bond acceptors (Lipinski definition) is 2. The van der Waals surface area contributed by atoms with E-state index in [1.165, 1.54) is 0 Å². The van der Waals surface area contributed by atoms with E-state index in [4.69, 9.17) is 22.6 Å². The predicted molar refractivity (Wildman–Crippen MR) is 103 cm³/mol. The van der Waals surface area contributed by atoms with Crippen LogP contribution in [0.4, 0.5) is 0 Å². The van der Waals surface area contributed by atoms with Gasteiger partial charge in [-0.2, -0.15) is 5.26 Å². The number of primary amides is 1. The van der Waals surface area contributed by atoms with Crippen LogP contribution in [-0.4, -0.2) is 10.5 Å². The standard InChI is InChI=1S/C21H18ClN3O/c1-14-19(21(24)26)12-20(17-6-2-16(13-23)3-7-17)25(14)11-10-15-4-8-18(22)9-5-15/h2-9,12H,10-11H2,1H3,(H2,24,26). The summed E-state index contributed by atoms with van der Waals surface area (Å²) in [7, 11) is 0. The molecule has 0 radical (unpaired) electrons. The Morgan fingerprint density at radius 2 is 1.81 bits per heavy atom. The van der Waals surface area contributed by atoms with Crippen molar-refractivity contribution in [3.05, 3.63) is 82.0 Å². The Labute approximate surface area is 157 Å². The maximum absolute atomic E-state index is 11.8. The first kappa shape index (κ1) is 17.8. The first-order chi connectivity index (χ1) is 12.5. The van der Waals surface area contributed by atoms with E-state index >= 15 is 0 Å². The molecule has 0 saturated carbocycles. The van der Waals surface area contributed by atoms with Gasteiger partial charge in [0.25, 0.3) is 5.91 Å². The van der Waals surface area contributed by atoms with Crippen molar-refractivity contribution in [2.45, 2.75) is 19.9 Å². The number of rotatable bonds is 5. The summed E-state index contributed by atoms with van der Waals surface area (Å²) in [6.07, 6.45) is 0.800. The van der Waals surface area contributed by atoms with Gasteiger partial charge in [-0.3, -0.25) is 4.79 Å². The van der Waals surface area contributed by atoms with Crippen LogP contribution >= 0.6 is 11.6 Å². The Bertz CT molecular complexity index is 980. The van der Waals surface area contributed by atoms with Gasteiger partial charge in [0.2, 0.25) is 0 Å². The van der Waals surface area contributed by atoms with E-state index in [9.17, 15) is 4.79 Å². The van der Waals surface area contributed by atoms with Crippen LogP contribution in [0.25, 0.3) is 11.3 Å². The molecule has 0 atom stereocenters. The number of carbonyl (C=O) groups excluding carboxylic acids is 1. The Hall–Kier alpha value is -3.03. The zero-order valence-corrected chi connectivity index (χ0v) is 15.1. The molecule has 0 bridgehead atoms. The molecule has 130 valence electrons. The van der Waals surface area contributed by atoms with E-state index in [0.29, 0.717) is 22.7 Å². The molecular weight excluding hydrogens is 346 g/mol. The predicted octanol–water partition coefficient (Wildman–Crippen LogP) is 4.33. The number of nitrogens with zero attached hydrogens (tertiary/aromatic N) is 2. The first-order valence-electron chi connectivity index (χ1n) is 8.24. The van der Waals surface area contributed by atoms with Gasteiger partial charge in [0.05, 0.1) is 17.2 Å². The van der Waals surface area contributed by atoms with Gasteiger partial charge in [-0.05, 0) is 54.8 Å². The lowest BCUT2D eigenvalue weighted by Gasteiger charge is -2.12. The van der Waals surface area contributed by atoms with Crippen molar-refractivity contribution in [2.75, 3.05) is 0 Å². The van der Waals surface area contributed by atoms with E-state index < -0.39 is 5.91 Å². The number of carbonyl (C=O) groups is 1. The Balaban J connectivity index is 1.97. The van der Waals surface area contributed by atoms with E-state index in [1.54, 1.807) is 12.1 Å². The Morgan fingerprint density at radius 1 is 1.15 bits per heavy atom. The van der Waals surface area contributed by atoms with Gasteiger partial charge >= 0.3 is 0 Å². The minimum atomic E-state index is -0.442. The fraction of sp³-hybridized carbons (Fsp3) is 0.143. The lowest BCUT2D eigenvalue weighted by Crippen LogP contribution is -2.13. The van der Waals surface area contributed by atoms with Crippen molar-refractivity contribution in [3.8, 4) is 17.3 Å². The molecule has 1 aromatic heterocycles. The van der Waals surface area contributed by atoms with Crippen LogP contribution in [0.1, 0.15) is 27.2 Å². The highest BCUT2D eigenvalue weighted by Crippen LogP contribution is 2.27. The summed E-state index contributed by atoms with van der Waals surface area (Å²) < 4.78 is 2.09. The van der Waals surface area contributed by atoms with Crippen LogP contribution in [0.5, 0.6) is 0 Å². The molecule has 3 aromatic rings. The minimum absolute atomic E-state index is 0.442. The second-order valence-corrected chi connectivity index (χ2v) is 6.55. The Morgan fingerprint density at radius 3 is 2.38 bits per heavy atom. The van der Waals surface area contributed by atoms with Gasteiger partial charge < -0.3 is 10.3 Å². The van der Waals surface area contributed by atoms with E-state index in [0.717, 1.165) is 28.9 Å². The molecule has 0 unspecified atom stereocenters. The van der Waals surface area contributed by atoms with Crippen molar-refractivity contribution in [1.82, 2.24) is 4.57 Å². The third kappa shape index (κ3) is 3.63. The summed E-state index contributed by atoms with van der Waals surface area (Å²) in [5.74, 6) is -0.442. The van der Waals surface area contributed by atoms with E-state index in [2.05, 4.69) is 10.6 Å². The summed E-state index contributed by atoms with van der Waals surface area (Å²) in [6, 6.07) is 19.0. The van der Waals surface area contributed by atoms with Gasteiger partial charge in [-0.15, -0.1) is 0 Å². The van der Waals surface area contributed by atoms with Crippen molar-refractivity contribution in [3.63, 3.8) is 0 Å². The maximum Gasteiger partial charge on any atom is 0.250 e. The van der Waals surface area contributed by atoms with Crippen molar-refractivity contribution < 1.29 is 4.79 Å². The number of amides is 1. The smallest absolute Gasteiger partial charge is 0.250 e. The molecule has 0 aliphatic carbocycles. The molecule has 2 N–H and O–H groups in total. The lowest BCUT2D eigenvalue weighted by molar-refractivity contribution is 0.0999. The van der Waals surface area contributed by atoms with Crippen LogP contribution in [0.15, 0.2) is 54.6 Å². The fourth-order valence-electron chi connectivity index (χ4n) is 3.03. The van der Waals surface area contributed by atoms with Gasteiger partial charge in [0, 0.05) is 23.0 Å². The SMILES string of the molecule is Cc1c(C(N)=O)cc(-c2ccc(C#N)cc2)n1CCc1ccc(Cl)cc1. The molecule has 1 heterocycles. The number of aryl methyl sites for hydroxylation is 1. The van der Waals surface area contributed by atoms with Gasteiger partial charge in [0.1, 0.15) is 0 Å². The summed E-state index contributed by atoms with van der Waals surface area (Å²) in [5, 5.41) is 9.69. The van der Waals surface area contributed by atoms with Crippen LogP contribution < -0.4 is 5.73 Å². The first-order valence-corrected chi connectivity index (χ1v) is 8.62. The molecule has 5 heteroatoms.